The van der Waals surface area contributed by atoms with Crippen LogP contribution in [0.2, 0.25) is 25.7 Å². The zero-order valence-corrected chi connectivity index (χ0v) is 13.8. The van der Waals surface area contributed by atoms with Crippen molar-refractivity contribution in [2.24, 2.45) is 0 Å². The van der Waals surface area contributed by atoms with Crippen LogP contribution in [-0.2, 0) is 21.1 Å². The van der Waals surface area contributed by atoms with Crippen LogP contribution in [0.5, 0.6) is 0 Å². The second kappa shape index (κ2) is 8.37. The summed E-state index contributed by atoms with van der Waals surface area (Å²) < 4.78 is 8.44. The zero-order chi connectivity index (χ0) is 14.2. The van der Waals surface area contributed by atoms with E-state index in [4.69, 9.17) is 14.3 Å². The number of ether oxygens (including phenoxy) is 1. The summed E-state index contributed by atoms with van der Waals surface area (Å²) in [6.45, 7) is 10.4. The van der Waals surface area contributed by atoms with Gasteiger partial charge in [0, 0.05) is 20.9 Å². The highest BCUT2D eigenvalue weighted by Gasteiger charge is 2.12. The molecule has 0 fully saturated rings. The van der Waals surface area contributed by atoms with Gasteiger partial charge in [-0.25, -0.2) is 4.68 Å². The summed E-state index contributed by atoms with van der Waals surface area (Å²) in [4.78, 5) is 16.2. The first-order valence-corrected chi connectivity index (χ1v) is 10.1. The molecule has 18 heavy (non-hydrogen) atoms. The first-order chi connectivity index (χ1) is 8.30. The number of halogens is 1. The van der Waals surface area contributed by atoms with Crippen molar-refractivity contribution < 1.29 is 14.3 Å². The highest BCUT2D eigenvalue weighted by molar-refractivity contribution is 9.10. The molecule has 7 heteroatoms. The fraction of sp³-hybridized carbons (Fsp3) is 0.636. The third-order valence-electron chi connectivity index (χ3n) is 2.11. The minimum atomic E-state index is -0.965. The fourth-order valence-corrected chi connectivity index (χ4v) is 2.17. The smallest absolute Gasteiger partial charge is 0.360 e. The van der Waals surface area contributed by atoms with Gasteiger partial charge in [-0.15, -0.1) is 0 Å². The molecular weight excluding hydrogens is 316 g/mol. The Hall–Kier alpha value is -0.753. The lowest BCUT2D eigenvalue weighted by atomic mass is 10.5. The molecule has 0 radical (unpaired) electrons. The molecule has 0 atom stereocenters. The van der Waals surface area contributed by atoms with E-state index < -0.39 is 8.07 Å². The molecule has 0 saturated heterocycles. The number of hydrogen-bond donors (Lipinski definition) is 0. The molecule has 0 saturated carbocycles. The van der Waals surface area contributed by atoms with Gasteiger partial charge in [-0.05, 0) is 28.9 Å². The summed E-state index contributed by atoms with van der Waals surface area (Å²) in [6, 6.07) is 1.20. The summed E-state index contributed by atoms with van der Waals surface area (Å²) in [6.07, 6.45) is 2.20. The lowest BCUT2D eigenvalue weighted by Crippen LogP contribution is -2.22. The molecule has 1 aromatic rings. The second-order valence-electron chi connectivity index (χ2n) is 5.03. The minimum Gasteiger partial charge on any atom is -0.360 e. The fourth-order valence-electron chi connectivity index (χ4n) is 1.10. The summed E-state index contributed by atoms with van der Waals surface area (Å²) in [5, 5.41) is 4.30. The van der Waals surface area contributed by atoms with E-state index in [0.29, 0.717) is 6.73 Å². The Morgan fingerprint density at radius 1 is 1.44 bits per heavy atom. The maximum atomic E-state index is 8.12. The minimum absolute atomic E-state index is 0.250. The van der Waals surface area contributed by atoms with Crippen LogP contribution in [0.25, 0.3) is 0 Å². The van der Waals surface area contributed by atoms with Crippen molar-refractivity contribution in [3.05, 3.63) is 16.4 Å². The standard InChI is InChI=1S/C10H19BrN2OSi.CO2/c1-9-10(11)7-13(12-9)8-14-5-6-15(2,3)4;2-1-3/h7H,5-6,8H2,1-4H3;. The SMILES string of the molecule is Cc1nn(COCC[Si](C)(C)C)cc1Br.O=C=O. The molecule has 0 aromatic carbocycles. The molecule has 102 valence electrons. The van der Waals surface area contributed by atoms with Crippen LogP contribution in [0.1, 0.15) is 5.69 Å². The quantitative estimate of drug-likeness (QED) is 0.613. The monoisotopic (exact) mass is 334 g/mol. The van der Waals surface area contributed by atoms with Gasteiger partial charge in [0.1, 0.15) is 6.73 Å². The first-order valence-electron chi connectivity index (χ1n) is 5.56. The van der Waals surface area contributed by atoms with Gasteiger partial charge in [-0.1, -0.05) is 19.6 Å². The Balaban J connectivity index is 0.000000873. The zero-order valence-electron chi connectivity index (χ0n) is 11.2. The van der Waals surface area contributed by atoms with Crippen LogP contribution in [-0.4, -0.2) is 30.6 Å². The molecular formula is C11H19BrN2O3Si. The van der Waals surface area contributed by atoms with Crippen LogP contribution in [0.4, 0.5) is 0 Å². The number of aromatic nitrogens is 2. The van der Waals surface area contributed by atoms with Crippen molar-refractivity contribution in [1.29, 1.82) is 0 Å². The molecule has 1 aromatic heterocycles. The number of aryl methyl sites for hydroxylation is 1. The molecule has 0 unspecified atom stereocenters. The van der Waals surface area contributed by atoms with Crippen LogP contribution < -0.4 is 0 Å². The van der Waals surface area contributed by atoms with E-state index in [9.17, 15) is 0 Å². The molecule has 0 amide bonds. The molecule has 0 aliphatic heterocycles. The van der Waals surface area contributed by atoms with Crippen molar-refractivity contribution in [2.45, 2.75) is 39.3 Å². The maximum absolute atomic E-state index is 8.12. The molecule has 1 heterocycles. The van der Waals surface area contributed by atoms with Crippen LogP contribution in [0.15, 0.2) is 10.7 Å². The van der Waals surface area contributed by atoms with E-state index in [0.717, 1.165) is 16.8 Å². The lowest BCUT2D eigenvalue weighted by Gasteiger charge is -2.15. The number of hydrogen-bond acceptors (Lipinski definition) is 4. The highest BCUT2D eigenvalue weighted by Crippen LogP contribution is 2.13. The first kappa shape index (κ1) is 17.2. The third-order valence-corrected chi connectivity index (χ3v) is 4.59. The van der Waals surface area contributed by atoms with E-state index in [1.807, 2.05) is 17.8 Å². The average Bonchev–Trinajstić information content (AvgIpc) is 2.53. The van der Waals surface area contributed by atoms with Crippen molar-refractivity contribution in [2.75, 3.05) is 6.61 Å². The molecule has 0 aliphatic rings. The molecule has 0 spiro atoms. The van der Waals surface area contributed by atoms with Gasteiger partial charge in [0.2, 0.25) is 0 Å². The van der Waals surface area contributed by atoms with Crippen molar-refractivity contribution >= 4 is 30.2 Å². The topological polar surface area (TPSA) is 61.2 Å². The molecule has 0 N–H and O–H groups in total. The van der Waals surface area contributed by atoms with Gasteiger partial charge >= 0.3 is 6.15 Å². The van der Waals surface area contributed by atoms with Crippen LogP contribution >= 0.6 is 15.9 Å². The van der Waals surface area contributed by atoms with Crippen LogP contribution in [0.3, 0.4) is 0 Å². The lowest BCUT2D eigenvalue weighted by molar-refractivity contribution is -0.191. The Morgan fingerprint density at radius 3 is 2.39 bits per heavy atom. The van der Waals surface area contributed by atoms with E-state index in [1.54, 1.807) is 0 Å². The molecule has 0 aliphatic carbocycles. The second-order valence-corrected chi connectivity index (χ2v) is 11.5. The van der Waals surface area contributed by atoms with E-state index in [1.165, 1.54) is 6.04 Å². The Kier molecular flexibility index (Phi) is 8.02. The number of rotatable bonds is 5. The highest BCUT2D eigenvalue weighted by atomic mass is 79.9. The van der Waals surface area contributed by atoms with Crippen molar-refractivity contribution in [1.82, 2.24) is 9.78 Å². The maximum Gasteiger partial charge on any atom is 0.373 e. The largest absolute Gasteiger partial charge is 0.373 e. The van der Waals surface area contributed by atoms with Crippen molar-refractivity contribution in [3.8, 4) is 0 Å². The van der Waals surface area contributed by atoms with E-state index in [2.05, 4.69) is 40.7 Å². The summed E-state index contributed by atoms with van der Waals surface area (Å²) >= 11 is 3.42. The number of carbonyl (C=O) groups excluding carboxylic acids is 2. The van der Waals surface area contributed by atoms with Gasteiger partial charge in [0.15, 0.2) is 0 Å². The normalized spacial score (nSPS) is 10.5. The summed E-state index contributed by atoms with van der Waals surface area (Å²) in [7, 11) is -0.965. The van der Waals surface area contributed by atoms with Gasteiger partial charge in [0.05, 0.1) is 10.2 Å². The van der Waals surface area contributed by atoms with E-state index >= 15 is 0 Å². The predicted octanol–water partition coefficient (Wildman–Crippen LogP) is 2.68. The van der Waals surface area contributed by atoms with Gasteiger partial charge < -0.3 is 4.74 Å². The van der Waals surface area contributed by atoms with Crippen LogP contribution in [0, 0.1) is 6.92 Å². The van der Waals surface area contributed by atoms with E-state index in [-0.39, 0.29) is 6.15 Å². The van der Waals surface area contributed by atoms with Gasteiger partial charge in [-0.2, -0.15) is 14.7 Å². The molecule has 1 rings (SSSR count). The average molecular weight is 335 g/mol. The third kappa shape index (κ3) is 8.35. The Bertz CT molecular complexity index is 376. The summed E-state index contributed by atoms with van der Waals surface area (Å²) in [5.74, 6) is 0. The Morgan fingerprint density at radius 2 is 2.00 bits per heavy atom. The van der Waals surface area contributed by atoms with Gasteiger partial charge in [0.25, 0.3) is 0 Å². The molecule has 5 nitrogen and oxygen atoms in total. The van der Waals surface area contributed by atoms with Crippen molar-refractivity contribution in [3.63, 3.8) is 0 Å². The van der Waals surface area contributed by atoms with Gasteiger partial charge in [-0.3, -0.25) is 0 Å². The molecule has 0 bridgehead atoms. The summed E-state index contributed by atoms with van der Waals surface area (Å²) in [5.41, 5.74) is 1.00. The number of nitrogens with zero attached hydrogens (tertiary/aromatic N) is 2. The Labute approximate surface area is 117 Å². The predicted molar refractivity (Wildman–Crippen MR) is 73.8 cm³/mol.